The van der Waals surface area contributed by atoms with E-state index in [2.05, 4.69) is 17.2 Å². The van der Waals surface area contributed by atoms with Gasteiger partial charge in [0.25, 0.3) is 5.91 Å². The molecule has 1 aromatic rings. The van der Waals surface area contributed by atoms with Gasteiger partial charge in [-0.2, -0.15) is 11.8 Å². The number of thioether (sulfide) groups is 1. The average molecular weight is 307 g/mol. The normalized spacial score (nSPS) is 11.5. The van der Waals surface area contributed by atoms with Crippen LogP contribution in [0.1, 0.15) is 16.8 Å². The van der Waals surface area contributed by atoms with Crippen molar-refractivity contribution in [2.45, 2.75) is 12.5 Å². The van der Waals surface area contributed by atoms with Crippen LogP contribution in [0.5, 0.6) is 0 Å². The van der Waals surface area contributed by atoms with Gasteiger partial charge in [-0.25, -0.2) is 0 Å². The minimum atomic E-state index is -0.520. The molecule has 4 N–H and O–H groups in total. The lowest BCUT2D eigenvalue weighted by molar-refractivity contribution is -0.117. The zero-order valence-corrected chi connectivity index (χ0v) is 12.9. The third kappa shape index (κ3) is 6.01. The fourth-order valence-corrected chi connectivity index (χ4v) is 2.07. The summed E-state index contributed by atoms with van der Waals surface area (Å²) in [7, 11) is 0. The van der Waals surface area contributed by atoms with Crippen molar-refractivity contribution in [1.82, 2.24) is 5.32 Å². The molecule has 0 heterocycles. The van der Waals surface area contributed by atoms with E-state index in [4.69, 9.17) is 5.73 Å². The second-order valence-corrected chi connectivity index (χ2v) is 5.44. The van der Waals surface area contributed by atoms with E-state index in [1.165, 1.54) is 0 Å². The number of carbonyl (C=O) groups is 2. The van der Waals surface area contributed by atoms with E-state index >= 15 is 0 Å². The maximum absolute atomic E-state index is 11.8. The molecule has 0 aliphatic heterocycles. The van der Waals surface area contributed by atoms with E-state index in [1.807, 2.05) is 6.26 Å². The van der Waals surface area contributed by atoms with Crippen molar-refractivity contribution in [2.24, 2.45) is 5.73 Å². The maximum atomic E-state index is 11.8. The molecule has 0 aliphatic carbocycles. The van der Waals surface area contributed by atoms with E-state index in [1.54, 1.807) is 42.1 Å². The Kier molecular flexibility index (Phi) is 7.56. The van der Waals surface area contributed by atoms with Crippen LogP contribution in [0.4, 0.5) is 5.69 Å². The fourth-order valence-electron chi connectivity index (χ4n) is 1.58. The topological polar surface area (TPSA) is 84.2 Å². The van der Waals surface area contributed by atoms with Gasteiger partial charge in [0.1, 0.15) is 0 Å². The quantitative estimate of drug-likeness (QED) is 0.637. The number of benzene rings is 1. The molecule has 1 atom stereocenters. The summed E-state index contributed by atoms with van der Waals surface area (Å²) >= 11 is 1.65. The molecule has 0 bridgehead atoms. The monoisotopic (exact) mass is 307 g/mol. The van der Waals surface area contributed by atoms with Crippen molar-refractivity contribution in [3.05, 3.63) is 42.5 Å². The summed E-state index contributed by atoms with van der Waals surface area (Å²) in [5, 5.41) is 5.42. The summed E-state index contributed by atoms with van der Waals surface area (Å²) in [6, 6.07) is 6.15. The van der Waals surface area contributed by atoms with Crippen LogP contribution in [0.15, 0.2) is 36.9 Å². The number of hydrogen-bond acceptors (Lipinski definition) is 4. The molecular formula is C15H21N3O2S. The summed E-state index contributed by atoms with van der Waals surface area (Å²) in [4.78, 5) is 23.5. The second kappa shape index (κ2) is 9.20. The van der Waals surface area contributed by atoms with Crippen LogP contribution in [-0.4, -0.2) is 36.4 Å². The highest BCUT2D eigenvalue weighted by atomic mass is 32.2. The van der Waals surface area contributed by atoms with E-state index < -0.39 is 6.04 Å². The van der Waals surface area contributed by atoms with Crippen molar-refractivity contribution in [2.75, 3.05) is 23.9 Å². The molecule has 114 valence electrons. The first-order valence-corrected chi connectivity index (χ1v) is 8.02. The lowest BCUT2D eigenvalue weighted by Gasteiger charge is -2.12. The third-order valence-electron chi connectivity index (χ3n) is 2.79. The molecular weight excluding hydrogens is 286 g/mol. The molecule has 0 aliphatic rings. The van der Waals surface area contributed by atoms with Gasteiger partial charge in [-0.05, 0) is 42.7 Å². The molecule has 0 saturated carbocycles. The van der Waals surface area contributed by atoms with Crippen LogP contribution in [0.2, 0.25) is 0 Å². The van der Waals surface area contributed by atoms with Gasteiger partial charge < -0.3 is 16.4 Å². The van der Waals surface area contributed by atoms with Gasteiger partial charge >= 0.3 is 0 Å². The Bertz CT molecular complexity index is 488. The molecule has 0 saturated heterocycles. The molecule has 0 radical (unpaired) electrons. The summed E-state index contributed by atoms with van der Waals surface area (Å²) in [6.07, 6.45) is 4.22. The average Bonchev–Trinajstić information content (AvgIpc) is 2.50. The van der Waals surface area contributed by atoms with Crippen LogP contribution < -0.4 is 16.4 Å². The van der Waals surface area contributed by atoms with Gasteiger partial charge in [-0.3, -0.25) is 9.59 Å². The smallest absolute Gasteiger partial charge is 0.251 e. The largest absolute Gasteiger partial charge is 0.349 e. The molecule has 1 rings (SSSR count). The zero-order chi connectivity index (χ0) is 15.7. The summed E-state index contributed by atoms with van der Waals surface area (Å²) in [6.45, 7) is 3.95. The molecule has 0 aromatic heterocycles. The molecule has 6 heteroatoms. The molecule has 0 unspecified atom stereocenters. The van der Waals surface area contributed by atoms with Crippen LogP contribution >= 0.6 is 11.8 Å². The number of amides is 2. The molecule has 21 heavy (non-hydrogen) atoms. The highest BCUT2D eigenvalue weighted by molar-refractivity contribution is 7.98. The lowest BCUT2D eigenvalue weighted by Crippen LogP contribution is -2.36. The van der Waals surface area contributed by atoms with Gasteiger partial charge in [0.15, 0.2) is 0 Å². The molecule has 5 nitrogen and oxygen atoms in total. The second-order valence-electron chi connectivity index (χ2n) is 4.45. The standard InChI is InChI=1S/C15H21N3O2S/c1-3-9-17-14(19)11-4-6-12(7-5-11)18-15(20)13(16)8-10-21-2/h3-7,13H,1,8-10,16H2,2H3,(H,17,19)(H,18,20)/t13-/m0/s1. The Morgan fingerprint density at radius 1 is 1.38 bits per heavy atom. The lowest BCUT2D eigenvalue weighted by atomic mass is 10.1. The Hall–Kier alpha value is -1.79. The Morgan fingerprint density at radius 3 is 2.62 bits per heavy atom. The van der Waals surface area contributed by atoms with Crippen LogP contribution in [-0.2, 0) is 4.79 Å². The van der Waals surface area contributed by atoms with Gasteiger partial charge in [0.2, 0.25) is 5.91 Å². The van der Waals surface area contributed by atoms with Crippen LogP contribution in [0, 0.1) is 0 Å². The van der Waals surface area contributed by atoms with Gasteiger partial charge in [-0.1, -0.05) is 6.08 Å². The van der Waals surface area contributed by atoms with E-state index in [9.17, 15) is 9.59 Å². The number of rotatable bonds is 8. The number of hydrogen-bond donors (Lipinski definition) is 3. The number of nitrogens with two attached hydrogens (primary N) is 1. The first-order valence-electron chi connectivity index (χ1n) is 6.63. The first-order chi connectivity index (χ1) is 10.1. The Labute approximate surface area is 129 Å². The minimum Gasteiger partial charge on any atom is -0.349 e. The van der Waals surface area contributed by atoms with E-state index in [-0.39, 0.29) is 11.8 Å². The van der Waals surface area contributed by atoms with Crippen molar-refractivity contribution in [1.29, 1.82) is 0 Å². The van der Waals surface area contributed by atoms with Crippen LogP contribution in [0.3, 0.4) is 0 Å². The minimum absolute atomic E-state index is 0.176. The predicted molar refractivity (Wildman–Crippen MR) is 88.6 cm³/mol. The van der Waals surface area contributed by atoms with Crippen LogP contribution in [0.25, 0.3) is 0 Å². The Balaban J connectivity index is 2.56. The predicted octanol–water partition coefficient (Wildman–Crippen LogP) is 1.62. The molecule has 2 amide bonds. The molecule has 0 spiro atoms. The van der Waals surface area contributed by atoms with E-state index in [0.717, 1.165) is 5.75 Å². The molecule has 0 fully saturated rings. The maximum Gasteiger partial charge on any atom is 0.251 e. The van der Waals surface area contributed by atoms with Crippen molar-refractivity contribution in [3.8, 4) is 0 Å². The third-order valence-corrected chi connectivity index (χ3v) is 3.44. The van der Waals surface area contributed by atoms with Crippen molar-refractivity contribution in [3.63, 3.8) is 0 Å². The van der Waals surface area contributed by atoms with Gasteiger partial charge in [-0.15, -0.1) is 6.58 Å². The number of carbonyl (C=O) groups excluding carboxylic acids is 2. The molecule has 1 aromatic carbocycles. The first kappa shape index (κ1) is 17.3. The summed E-state index contributed by atoms with van der Waals surface area (Å²) < 4.78 is 0. The zero-order valence-electron chi connectivity index (χ0n) is 12.1. The number of nitrogens with one attached hydrogen (secondary N) is 2. The van der Waals surface area contributed by atoms with Crippen molar-refractivity contribution < 1.29 is 9.59 Å². The highest BCUT2D eigenvalue weighted by Crippen LogP contribution is 2.10. The van der Waals surface area contributed by atoms with Gasteiger partial charge in [0.05, 0.1) is 6.04 Å². The van der Waals surface area contributed by atoms with Crippen molar-refractivity contribution >= 4 is 29.3 Å². The summed E-state index contributed by atoms with van der Waals surface area (Å²) in [5.41, 5.74) is 6.94. The van der Waals surface area contributed by atoms with E-state index in [0.29, 0.717) is 24.2 Å². The summed E-state index contributed by atoms with van der Waals surface area (Å²) in [5.74, 6) is 0.453. The Morgan fingerprint density at radius 2 is 2.05 bits per heavy atom. The SMILES string of the molecule is C=CCNC(=O)c1ccc(NC(=O)[C@@H](N)CCSC)cc1. The fraction of sp³-hybridized carbons (Fsp3) is 0.333. The number of anilines is 1. The highest BCUT2D eigenvalue weighted by Gasteiger charge is 2.13. The van der Waals surface area contributed by atoms with Gasteiger partial charge in [0, 0.05) is 17.8 Å².